The molecule has 0 nitrogen and oxygen atoms in total. The second-order valence-electron chi connectivity index (χ2n) is 20.2. The van der Waals surface area contributed by atoms with E-state index in [-0.39, 0.29) is 7.92 Å². The van der Waals surface area contributed by atoms with E-state index in [1.165, 1.54) is 0 Å². The van der Waals surface area contributed by atoms with Gasteiger partial charge in [-0.25, -0.2) is 0 Å². The Morgan fingerprint density at radius 1 is 0.595 bits per heavy atom. The molecule has 3 heteroatoms. The van der Waals surface area contributed by atoms with Crippen molar-refractivity contribution >= 4 is 33.7 Å². The van der Waals surface area contributed by atoms with Crippen LogP contribution in [0, 0.1) is 53.3 Å². The van der Waals surface area contributed by atoms with Crippen LogP contribution in [0.5, 0.6) is 0 Å². The zero-order valence-corrected chi connectivity index (χ0v) is 30.2. The van der Waals surface area contributed by atoms with Crippen LogP contribution in [-0.4, -0.2) is 36.9 Å². The molecular formula is C39H60P2Si. The first-order valence-corrected chi connectivity index (χ1v) is 26.7. The molecule has 3 heterocycles. The summed E-state index contributed by atoms with van der Waals surface area (Å²) in [5.74, 6) is 10.0. The fourth-order valence-electron chi connectivity index (χ4n) is 15.9. The molecule has 0 unspecified atom stereocenters. The molecule has 13 rings (SSSR count). The van der Waals surface area contributed by atoms with Gasteiger partial charge in [0.15, 0.2) is 0 Å². The normalized spacial score (nSPS) is 50.4. The molecule has 9 saturated carbocycles. The fraction of sp³-hybridized carbons (Fsp3) is 0.846. The topological polar surface area (TPSA) is 0 Å². The van der Waals surface area contributed by atoms with Crippen LogP contribution < -0.4 is 10.5 Å². The van der Waals surface area contributed by atoms with Crippen molar-refractivity contribution in [1.29, 1.82) is 0 Å². The number of hydrogen-bond donors (Lipinski definition) is 0. The van der Waals surface area contributed by atoms with Crippen LogP contribution in [0.1, 0.15) is 102 Å². The predicted octanol–water partition coefficient (Wildman–Crippen LogP) is 9.59. The van der Waals surface area contributed by atoms with Crippen LogP contribution in [0.3, 0.4) is 0 Å². The second-order valence-corrected chi connectivity index (χ2v) is 32.7. The van der Waals surface area contributed by atoms with Crippen LogP contribution >= 0.6 is 15.2 Å². The van der Waals surface area contributed by atoms with E-state index >= 15 is 0 Å². The average molecular weight is 619 g/mol. The van der Waals surface area contributed by atoms with E-state index < -0.39 is 15.3 Å². The van der Waals surface area contributed by atoms with Gasteiger partial charge in [0.1, 0.15) is 0 Å². The summed E-state index contributed by atoms with van der Waals surface area (Å²) in [6.07, 6.45) is 31.2. The maximum absolute atomic E-state index is 2.98. The molecule has 0 radical (unpaired) electrons. The van der Waals surface area contributed by atoms with Crippen molar-refractivity contribution < 1.29 is 0 Å². The van der Waals surface area contributed by atoms with Crippen molar-refractivity contribution in [3.05, 3.63) is 23.8 Å². The van der Waals surface area contributed by atoms with Gasteiger partial charge in [-0.1, -0.05) is 0 Å². The molecule has 1 aromatic rings. The Morgan fingerprint density at radius 2 is 0.976 bits per heavy atom. The van der Waals surface area contributed by atoms with Gasteiger partial charge in [0.2, 0.25) is 0 Å². The predicted molar refractivity (Wildman–Crippen MR) is 189 cm³/mol. The molecule has 0 spiro atoms. The van der Waals surface area contributed by atoms with E-state index in [1.807, 2.05) is 5.56 Å². The number of hydrogen-bond acceptors (Lipinski definition) is 0. The summed E-state index contributed by atoms with van der Waals surface area (Å²) in [5.41, 5.74) is 1.99. The molecule has 0 amide bonds. The summed E-state index contributed by atoms with van der Waals surface area (Å²) in [7, 11) is -2.66. The van der Waals surface area contributed by atoms with Crippen LogP contribution in [0.4, 0.5) is 0 Å². The Labute approximate surface area is 260 Å². The molecule has 1 aromatic carbocycles. The first-order chi connectivity index (χ1) is 20.1. The van der Waals surface area contributed by atoms with E-state index in [1.54, 1.807) is 126 Å². The zero-order chi connectivity index (χ0) is 28.1. The van der Waals surface area contributed by atoms with Crippen molar-refractivity contribution in [2.75, 3.05) is 18.5 Å². The van der Waals surface area contributed by atoms with E-state index in [0.29, 0.717) is 0 Å². The average Bonchev–Trinajstić information content (AvgIpc) is 2.89. The third kappa shape index (κ3) is 4.16. The van der Waals surface area contributed by atoms with Gasteiger partial charge in [0, 0.05) is 0 Å². The first kappa shape index (κ1) is 27.4. The van der Waals surface area contributed by atoms with Gasteiger partial charge in [-0.05, 0) is 0 Å². The first-order valence-electron chi connectivity index (χ1n) is 19.1. The summed E-state index contributed by atoms with van der Waals surface area (Å²) >= 11 is 0. The summed E-state index contributed by atoms with van der Waals surface area (Å²) in [6.45, 7) is 7.89. The van der Waals surface area contributed by atoms with Crippen molar-refractivity contribution in [2.45, 2.75) is 132 Å². The Morgan fingerprint density at radius 3 is 1.36 bits per heavy atom. The third-order valence-electron chi connectivity index (χ3n) is 16.1. The van der Waals surface area contributed by atoms with Crippen molar-refractivity contribution in [3.8, 4) is 0 Å². The van der Waals surface area contributed by atoms with Gasteiger partial charge >= 0.3 is 262 Å². The SMILES string of the molecule is C[Si](C)(C)c1ccc(CP(C23CC4CC(CC(C4)C2)C3)C23CC4CC(CC(C4)C2)C3)c([PH]23CC4CC(CC(C4)C2)C3)c1. The van der Waals surface area contributed by atoms with Crippen LogP contribution in [0.15, 0.2) is 18.2 Å². The molecule has 42 heavy (non-hydrogen) atoms. The quantitative estimate of drug-likeness (QED) is 0.220. The van der Waals surface area contributed by atoms with Crippen molar-refractivity contribution in [3.63, 3.8) is 0 Å². The molecular weight excluding hydrogens is 558 g/mol. The van der Waals surface area contributed by atoms with Gasteiger partial charge < -0.3 is 0 Å². The molecule has 12 aliphatic rings. The summed E-state index contributed by atoms with van der Waals surface area (Å²) in [4.78, 5) is 0. The molecule has 230 valence electrons. The van der Waals surface area contributed by atoms with Gasteiger partial charge in [-0.3, -0.25) is 0 Å². The van der Waals surface area contributed by atoms with Crippen LogP contribution in [0.25, 0.3) is 0 Å². The van der Waals surface area contributed by atoms with Gasteiger partial charge in [0.25, 0.3) is 0 Å². The van der Waals surface area contributed by atoms with E-state index in [9.17, 15) is 0 Å². The molecule has 9 aliphatic carbocycles. The molecule has 12 bridgehead atoms. The number of benzene rings is 1. The van der Waals surface area contributed by atoms with Crippen LogP contribution in [0.2, 0.25) is 19.6 Å². The molecule has 0 N–H and O–H groups in total. The standard InChI is InChI=1S/C39H60P2Si/c1-42(2,3)36-5-4-35(37(15-36)41-23-32-12-33(24-41)14-34(13-32)25-41)22-40(38-16-26-6-27(17-38)8-28(7-26)18-38)39-19-29-9-30(20-39)11-31(10-29)21-39/h4-5,15,26-34,41H,6-14,16-25H2,1-3H3. The van der Waals surface area contributed by atoms with E-state index in [2.05, 4.69) is 43.1 Å². The molecule has 3 saturated heterocycles. The Hall–Kier alpha value is 0.297. The van der Waals surface area contributed by atoms with Crippen molar-refractivity contribution in [1.82, 2.24) is 0 Å². The monoisotopic (exact) mass is 618 g/mol. The van der Waals surface area contributed by atoms with Gasteiger partial charge in [-0.2, -0.15) is 0 Å². The van der Waals surface area contributed by atoms with Gasteiger partial charge in [0.05, 0.1) is 0 Å². The third-order valence-corrected chi connectivity index (χ3v) is 27.8. The molecule has 3 aliphatic heterocycles. The Balaban J connectivity index is 1.11. The summed E-state index contributed by atoms with van der Waals surface area (Å²) in [5, 5.41) is 5.45. The second kappa shape index (κ2) is 9.22. The molecule has 0 aromatic heterocycles. The number of rotatable bonds is 6. The van der Waals surface area contributed by atoms with Crippen molar-refractivity contribution in [2.24, 2.45) is 53.3 Å². The fourth-order valence-corrected chi connectivity index (χ4v) is 29.3. The Bertz CT molecular complexity index is 1120. The Kier molecular flexibility index (Phi) is 6.02. The van der Waals surface area contributed by atoms with Crippen LogP contribution in [-0.2, 0) is 6.16 Å². The van der Waals surface area contributed by atoms with Gasteiger partial charge in [-0.15, -0.1) is 0 Å². The summed E-state index contributed by atoms with van der Waals surface area (Å²) in [6, 6.07) is 8.55. The minimum atomic E-state index is -1.39. The molecule has 0 atom stereocenters. The van der Waals surface area contributed by atoms with E-state index in [0.717, 1.165) is 63.6 Å². The summed E-state index contributed by atoms with van der Waals surface area (Å²) < 4.78 is 0. The van der Waals surface area contributed by atoms with E-state index in [4.69, 9.17) is 0 Å². The molecule has 12 fully saturated rings. The zero-order valence-electron chi connectivity index (χ0n) is 27.3. The minimum absolute atomic E-state index is 0.0531. The maximum atomic E-state index is 2.98.